The van der Waals surface area contributed by atoms with Crippen molar-refractivity contribution in [2.45, 2.75) is 6.92 Å². The van der Waals surface area contributed by atoms with E-state index in [1.54, 1.807) is 25.1 Å². The molecule has 0 fully saturated rings. The maximum Gasteiger partial charge on any atom is 0.340 e. The van der Waals surface area contributed by atoms with E-state index in [0.29, 0.717) is 5.69 Å². The van der Waals surface area contributed by atoms with Crippen molar-refractivity contribution in [3.8, 4) is 0 Å². The van der Waals surface area contributed by atoms with E-state index in [9.17, 15) is 13.2 Å². The van der Waals surface area contributed by atoms with Gasteiger partial charge in [0.25, 0.3) is 0 Å². The number of hydrogen-bond acceptors (Lipinski definition) is 6. The molecule has 0 saturated carbocycles. The van der Waals surface area contributed by atoms with Gasteiger partial charge >= 0.3 is 5.97 Å². The number of hydrogen-bond donors (Lipinski definition) is 2. The Balaban J connectivity index is 2.77. The van der Waals surface area contributed by atoms with Crippen molar-refractivity contribution in [3.63, 3.8) is 0 Å². The molecule has 0 saturated heterocycles. The van der Waals surface area contributed by atoms with Crippen LogP contribution in [0.1, 0.15) is 17.3 Å². The first-order valence-electron chi connectivity index (χ1n) is 6.49. The Morgan fingerprint density at radius 1 is 1.38 bits per heavy atom. The van der Waals surface area contributed by atoms with Crippen LogP contribution in [0, 0.1) is 0 Å². The number of esters is 1. The zero-order valence-electron chi connectivity index (χ0n) is 12.4. The van der Waals surface area contributed by atoms with Crippen LogP contribution in [-0.2, 0) is 14.8 Å². The molecule has 0 atom stereocenters. The number of anilines is 2. The minimum absolute atomic E-state index is 0.0664. The van der Waals surface area contributed by atoms with Crippen molar-refractivity contribution in [1.29, 1.82) is 0 Å². The predicted octanol–water partition coefficient (Wildman–Crippen LogP) is 0.749. The minimum Gasteiger partial charge on any atom is -0.462 e. The van der Waals surface area contributed by atoms with Crippen LogP contribution in [-0.4, -0.2) is 51.7 Å². The summed E-state index contributed by atoms with van der Waals surface area (Å²) < 4.78 is 29.4. The summed E-state index contributed by atoms with van der Waals surface area (Å²) in [6.45, 7) is 2.16. The first-order valence-corrected chi connectivity index (χ1v) is 8.10. The first kappa shape index (κ1) is 17.3. The summed E-state index contributed by atoms with van der Waals surface area (Å²) >= 11 is 0. The molecule has 0 radical (unpaired) electrons. The number of carbonyl (C=O) groups is 1. The van der Waals surface area contributed by atoms with E-state index in [0.717, 1.165) is 4.31 Å². The van der Waals surface area contributed by atoms with Gasteiger partial charge in [0.2, 0.25) is 10.0 Å². The SMILES string of the molecule is CCOC(=O)c1cccc(NCCS(=O)(=O)N(C)C)c1N. The minimum atomic E-state index is -3.28. The standard InChI is InChI=1S/C13H21N3O4S/c1-4-20-13(17)10-6-5-7-11(12(10)14)15-8-9-21(18,19)16(2)3/h5-7,15H,4,8-9,14H2,1-3H3. The molecule has 1 aromatic rings. The number of carbonyl (C=O) groups excluding carboxylic acids is 1. The van der Waals surface area contributed by atoms with E-state index in [2.05, 4.69) is 5.32 Å². The molecule has 0 heterocycles. The second kappa shape index (κ2) is 7.28. The first-order chi connectivity index (χ1) is 9.79. The second-order valence-electron chi connectivity index (χ2n) is 4.51. The number of benzene rings is 1. The van der Waals surface area contributed by atoms with Gasteiger partial charge in [0.1, 0.15) is 0 Å². The average molecular weight is 315 g/mol. The fraction of sp³-hybridized carbons (Fsp3) is 0.462. The van der Waals surface area contributed by atoms with Gasteiger partial charge in [-0.2, -0.15) is 0 Å². The van der Waals surface area contributed by atoms with Gasteiger partial charge in [-0.25, -0.2) is 17.5 Å². The summed E-state index contributed by atoms with van der Waals surface area (Å²) in [6.07, 6.45) is 0. The maximum atomic E-state index is 11.7. The smallest absolute Gasteiger partial charge is 0.340 e. The fourth-order valence-corrected chi connectivity index (χ4v) is 2.33. The Labute approximate surface area is 125 Å². The largest absolute Gasteiger partial charge is 0.462 e. The van der Waals surface area contributed by atoms with E-state index in [-0.39, 0.29) is 30.2 Å². The average Bonchev–Trinajstić information content (AvgIpc) is 2.40. The second-order valence-corrected chi connectivity index (χ2v) is 6.81. The molecule has 8 heteroatoms. The summed E-state index contributed by atoms with van der Waals surface area (Å²) in [7, 11) is -0.323. The van der Waals surface area contributed by atoms with Crippen molar-refractivity contribution < 1.29 is 17.9 Å². The molecule has 0 amide bonds. The number of ether oxygens (including phenoxy) is 1. The maximum absolute atomic E-state index is 11.7. The number of nitrogens with one attached hydrogen (secondary N) is 1. The summed E-state index contributed by atoms with van der Waals surface area (Å²) in [4.78, 5) is 11.7. The zero-order valence-corrected chi connectivity index (χ0v) is 13.2. The van der Waals surface area contributed by atoms with Crippen LogP contribution in [0.15, 0.2) is 18.2 Å². The number of rotatable bonds is 7. The van der Waals surface area contributed by atoms with Crippen molar-refractivity contribution in [1.82, 2.24) is 4.31 Å². The number of sulfonamides is 1. The van der Waals surface area contributed by atoms with Gasteiger partial charge in [0, 0.05) is 20.6 Å². The molecule has 0 aliphatic rings. The Kier molecular flexibility index (Phi) is 5.98. The fourth-order valence-electron chi connectivity index (χ4n) is 1.60. The highest BCUT2D eigenvalue weighted by molar-refractivity contribution is 7.89. The Bertz CT molecular complexity index is 599. The lowest BCUT2D eigenvalue weighted by molar-refractivity contribution is 0.0527. The molecular formula is C13H21N3O4S. The molecule has 0 aromatic heterocycles. The third kappa shape index (κ3) is 4.61. The predicted molar refractivity (Wildman–Crippen MR) is 82.8 cm³/mol. The van der Waals surface area contributed by atoms with Crippen LogP contribution in [0.3, 0.4) is 0 Å². The zero-order chi connectivity index (χ0) is 16.0. The summed E-state index contributed by atoms with van der Waals surface area (Å²) in [5.74, 6) is -0.567. The number of para-hydroxylation sites is 1. The molecule has 118 valence electrons. The van der Waals surface area contributed by atoms with Gasteiger partial charge in [-0.15, -0.1) is 0 Å². The van der Waals surface area contributed by atoms with Crippen LogP contribution in [0.2, 0.25) is 0 Å². The molecule has 1 aromatic carbocycles. The Hall–Kier alpha value is -1.80. The summed E-state index contributed by atoms with van der Waals surface area (Å²) in [5, 5.41) is 2.92. The van der Waals surface area contributed by atoms with E-state index >= 15 is 0 Å². The van der Waals surface area contributed by atoms with Crippen LogP contribution >= 0.6 is 0 Å². The van der Waals surface area contributed by atoms with E-state index in [4.69, 9.17) is 10.5 Å². The highest BCUT2D eigenvalue weighted by Gasteiger charge is 2.15. The number of nitrogens with zero attached hydrogens (tertiary/aromatic N) is 1. The highest BCUT2D eigenvalue weighted by Crippen LogP contribution is 2.23. The lowest BCUT2D eigenvalue weighted by Gasteiger charge is -2.14. The van der Waals surface area contributed by atoms with Crippen molar-refractivity contribution in [2.75, 3.05) is 44.1 Å². The molecule has 1 rings (SSSR count). The molecular weight excluding hydrogens is 294 g/mol. The summed E-state index contributed by atoms with van der Waals surface area (Å²) in [6, 6.07) is 4.90. The van der Waals surface area contributed by atoms with E-state index in [1.165, 1.54) is 14.1 Å². The Morgan fingerprint density at radius 3 is 2.62 bits per heavy atom. The Morgan fingerprint density at radius 2 is 2.05 bits per heavy atom. The van der Waals surface area contributed by atoms with Crippen molar-refractivity contribution in [2.24, 2.45) is 0 Å². The van der Waals surface area contributed by atoms with Gasteiger partial charge < -0.3 is 15.8 Å². The van der Waals surface area contributed by atoms with Crippen LogP contribution in [0.4, 0.5) is 11.4 Å². The third-order valence-electron chi connectivity index (χ3n) is 2.83. The number of nitrogens with two attached hydrogens (primary N) is 1. The lowest BCUT2D eigenvalue weighted by atomic mass is 10.1. The third-order valence-corrected chi connectivity index (χ3v) is 4.67. The highest BCUT2D eigenvalue weighted by atomic mass is 32.2. The molecule has 0 bridgehead atoms. The van der Waals surface area contributed by atoms with Crippen molar-refractivity contribution in [3.05, 3.63) is 23.8 Å². The quantitative estimate of drug-likeness (QED) is 0.568. The van der Waals surface area contributed by atoms with E-state index in [1.807, 2.05) is 0 Å². The van der Waals surface area contributed by atoms with E-state index < -0.39 is 16.0 Å². The summed E-state index contributed by atoms with van der Waals surface area (Å²) in [5.41, 5.74) is 6.92. The normalized spacial score (nSPS) is 11.4. The topological polar surface area (TPSA) is 102 Å². The van der Waals surface area contributed by atoms with Gasteiger partial charge in [-0.05, 0) is 19.1 Å². The lowest BCUT2D eigenvalue weighted by Crippen LogP contribution is -2.28. The van der Waals surface area contributed by atoms with Gasteiger partial charge in [0.15, 0.2) is 0 Å². The molecule has 0 aliphatic carbocycles. The number of nitrogen functional groups attached to an aromatic ring is 1. The van der Waals surface area contributed by atoms with Crippen LogP contribution < -0.4 is 11.1 Å². The molecule has 0 aliphatic heterocycles. The monoisotopic (exact) mass is 315 g/mol. The van der Waals surface area contributed by atoms with Gasteiger partial charge in [0.05, 0.1) is 29.3 Å². The molecule has 0 spiro atoms. The van der Waals surface area contributed by atoms with Crippen LogP contribution in [0.5, 0.6) is 0 Å². The van der Waals surface area contributed by atoms with Gasteiger partial charge in [-0.3, -0.25) is 0 Å². The molecule has 3 N–H and O–H groups in total. The van der Waals surface area contributed by atoms with Crippen LogP contribution in [0.25, 0.3) is 0 Å². The van der Waals surface area contributed by atoms with Crippen molar-refractivity contribution >= 4 is 27.4 Å². The molecule has 7 nitrogen and oxygen atoms in total. The molecule has 21 heavy (non-hydrogen) atoms. The molecule has 0 unspecified atom stereocenters. The van der Waals surface area contributed by atoms with Gasteiger partial charge in [-0.1, -0.05) is 6.07 Å².